The standard InChI is InChI=1S/C27H22N6OS/c1-18-15-19(2)30-27(29-18)35-23-12-10-21(11-13-23)31-26(34)24-17-33(22-8-4-3-5-9-22)32-25(24)20-7-6-14-28-16-20/h3-17H,1-2H3,(H,31,34). The monoisotopic (exact) mass is 478 g/mol. The van der Waals surface area contributed by atoms with Crippen LogP contribution in [0.4, 0.5) is 5.69 Å². The van der Waals surface area contributed by atoms with Gasteiger partial charge in [0, 0.05) is 46.1 Å². The fourth-order valence-corrected chi connectivity index (χ4v) is 4.48. The first-order chi connectivity index (χ1) is 17.0. The summed E-state index contributed by atoms with van der Waals surface area (Å²) in [5.41, 5.74) is 5.22. The van der Waals surface area contributed by atoms with Gasteiger partial charge in [0.2, 0.25) is 0 Å². The molecule has 0 atom stereocenters. The second-order valence-electron chi connectivity index (χ2n) is 7.93. The van der Waals surface area contributed by atoms with Crippen LogP contribution in [-0.2, 0) is 0 Å². The molecule has 0 bridgehead atoms. The molecule has 8 heteroatoms. The highest BCUT2D eigenvalue weighted by atomic mass is 32.2. The lowest BCUT2D eigenvalue weighted by atomic mass is 10.1. The van der Waals surface area contributed by atoms with Crippen molar-refractivity contribution in [2.45, 2.75) is 23.9 Å². The van der Waals surface area contributed by atoms with Gasteiger partial charge in [-0.15, -0.1) is 0 Å². The first-order valence-electron chi connectivity index (χ1n) is 11.0. The number of carbonyl (C=O) groups excluding carboxylic acids is 1. The third-order valence-corrected chi connectivity index (χ3v) is 6.07. The number of amides is 1. The van der Waals surface area contributed by atoms with Crippen molar-refractivity contribution in [1.82, 2.24) is 24.7 Å². The van der Waals surface area contributed by atoms with E-state index in [0.717, 1.165) is 27.5 Å². The topological polar surface area (TPSA) is 85.6 Å². The van der Waals surface area contributed by atoms with Crippen LogP contribution in [0.2, 0.25) is 0 Å². The number of carbonyl (C=O) groups is 1. The maximum Gasteiger partial charge on any atom is 0.259 e. The summed E-state index contributed by atoms with van der Waals surface area (Å²) in [5, 5.41) is 8.38. The van der Waals surface area contributed by atoms with E-state index in [2.05, 4.69) is 25.4 Å². The van der Waals surface area contributed by atoms with Gasteiger partial charge in [0.1, 0.15) is 5.69 Å². The van der Waals surface area contributed by atoms with Crippen molar-refractivity contribution in [2.24, 2.45) is 0 Å². The van der Waals surface area contributed by atoms with Crippen molar-refractivity contribution < 1.29 is 4.79 Å². The molecule has 0 saturated heterocycles. The molecule has 5 rings (SSSR count). The summed E-state index contributed by atoms with van der Waals surface area (Å²) in [5.74, 6) is -0.246. The zero-order chi connectivity index (χ0) is 24.2. The number of anilines is 1. The molecule has 3 heterocycles. The lowest BCUT2D eigenvalue weighted by Crippen LogP contribution is -2.12. The SMILES string of the molecule is Cc1cc(C)nc(Sc2ccc(NC(=O)c3cn(-c4ccccc4)nc3-c3cccnc3)cc2)n1. The Morgan fingerprint density at radius 2 is 1.66 bits per heavy atom. The second kappa shape index (κ2) is 9.90. The predicted molar refractivity (Wildman–Crippen MR) is 137 cm³/mol. The van der Waals surface area contributed by atoms with Gasteiger partial charge < -0.3 is 5.32 Å². The van der Waals surface area contributed by atoms with Crippen molar-refractivity contribution in [3.8, 4) is 16.9 Å². The lowest BCUT2D eigenvalue weighted by molar-refractivity contribution is 0.102. The molecule has 0 spiro atoms. The summed E-state index contributed by atoms with van der Waals surface area (Å²) in [4.78, 5) is 27.4. The highest BCUT2D eigenvalue weighted by Gasteiger charge is 2.19. The minimum Gasteiger partial charge on any atom is -0.322 e. The van der Waals surface area contributed by atoms with E-state index in [4.69, 9.17) is 0 Å². The first kappa shape index (κ1) is 22.5. The van der Waals surface area contributed by atoms with Crippen molar-refractivity contribution >= 4 is 23.4 Å². The van der Waals surface area contributed by atoms with Crippen LogP contribution in [0.15, 0.2) is 101 Å². The van der Waals surface area contributed by atoms with E-state index < -0.39 is 0 Å². The summed E-state index contributed by atoms with van der Waals surface area (Å²) >= 11 is 1.49. The van der Waals surface area contributed by atoms with Crippen LogP contribution in [0.3, 0.4) is 0 Å². The molecular weight excluding hydrogens is 456 g/mol. The number of nitrogens with zero attached hydrogens (tertiary/aromatic N) is 5. The van der Waals surface area contributed by atoms with Gasteiger partial charge in [0.05, 0.1) is 11.3 Å². The average Bonchev–Trinajstić information content (AvgIpc) is 3.32. The van der Waals surface area contributed by atoms with E-state index in [-0.39, 0.29) is 5.91 Å². The van der Waals surface area contributed by atoms with E-state index in [9.17, 15) is 4.79 Å². The molecular formula is C27H22N6OS. The normalized spacial score (nSPS) is 10.8. The summed E-state index contributed by atoms with van der Waals surface area (Å²) < 4.78 is 1.71. The molecule has 0 radical (unpaired) electrons. The van der Waals surface area contributed by atoms with E-state index in [0.29, 0.717) is 22.1 Å². The fourth-order valence-electron chi connectivity index (χ4n) is 3.62. The van der Waals surface area contributed by atoms with Gasteiger partial charge in [-0.1, -0.05) is 18.2 Å². The number of para-hydroxylation sites is 1. The van der Waals surface area contributed by atoms with Crippen LogP contribution in [-0.4, -0.2) is 30.6 Å². The number of hydrogen-bond acceptors (Lipinski definition) is 6. The quantitative estimate of drug-likeness (QED) is 0.313. The molecule has 0 aliphatic rings. The second-order valence-corrected chi connectivity index (χ2v) is 8.97. The number of benzene rings is 2. The number of aryl methyl sites for hydroxylation is 2. The fraction of sp³-hybridized carbons (Fsp3) is 0.0741. The molecule has 0 fully saturated rings. The molecule has 0 aliphatic heterocycles. The molecule has 1 N–H and O–H groups in total. The van der Waals surface area contributed by atoms with Crippen LogP contribution >= 0.6 is 11.8 Å². The van der Waals surface area contributed by atoms with E-state index in [1.807, 2.05) is 86.6 Å². The average molecular weight is 479 g/mol. The molecule has 0 aliphatic carbocycles. The van der Waals surface area contributed by atoms with Gasteiger partial charge in [0.15, 0.2) is 5.16 Å². The third kappa shape index (κ3) is 5.28. The zero-order valence-corrected chi connectivity index (χ0v) is 20.0. The number of pyridine rings is 1. The largest absolute Gasteiger partial charge is 0.322 e. The van der Waals surface area contributed by atoms with Gasteiger partial charge in [-0.2, -0.15) is 5.10 Å². The molecule has 0 saturated carbocycles. The van der Waals surface area contributed by atoms with Crippen LogP contribution in [0.25, 0.3) is 16.9 Å². The van der Waals surface area contributed by atoms with E-state index in [1.54, 1.807) is 23.3 Å². The molecule has 172 valence electrons. The third-order valence-electron chi connectivity index (χ3n) is 5.20. The minimum absolute atomic E-state index is 0.246. The van der Waals surface area contributed by atoms with Gasteiger partial charge >= 0.3 is 0 Å². The summed E-state index contributed by atoms with van der Waals surface area (Å²) in [7, 11) is 0. The van der Waals surface area contributed by atoms with Crippen LogP contribution in [0.5, 0.6) is 0 Å². The summed E-state index contributed by atoms with van der Waals surface area (Å²) in [6.45, 7) is 3.91. The lowest BCUT2D eigenvalue weighted by Gasteiger charge is -2.07. The van der Waals surface area contributed by atoms with Crippen molar-refractivity contribution in [1.29, 1.82) is 0 Å². The van der Waals surface area contributed by atoms with Crippen molar-refractivity contribution in [3.05, 3.63) is 108 Å². The Kier molecular flexibility index (Phi) is 6.36. The molecule has 35 heavy (non-hydrogen) atoms. The predicted octanol–water partition coefficient (Wildman–Crippen LogP) is 5.74. The molecule has 3 aromatic heterocycles. The Hall–Kier alpha value is -4.30. The van der Waals surface area contributed by atoms with E-state index in [1.165, 1.54) is 11.8 Å². The van der Waals surface area contributed by atoms with Crippen molar-refractivity contribution in [2.75, 3.05) is 5.32 Å². The number of rotatable bonds is 6. The summed E-state index contributed by atoms with van der Waals surface area (Å²) in [6, 6.07) is 23.0. The van der Waals surface area contributed by atoms with Gasteiger partial charge in [0.25, 0.3) is 5.91 Å². The Bertz CT molecular complexity index is 1450. The smallest absolute Gasteiger partial charge is 0.259 e. The van der Waals surface area contributed by atoms with Gasteiger partial charge in [-0.3, -0.25) is 9.78 Å². The summed E-state index contributed by atoms with van der Waals surface area (Å²) in [6.07, 6.45) is 5.14. The van der Waals surface area contributed by atoms with Gasteiger partial charge in [-0.05, 0) is 80.2 Å². The number of hydrogen-bond donors (Lipinski definition) is 1. The maximum absolute atomic E-state index is 13.3. The molecule has 2 aromatic carbocycles. The Morgan fingerprint density at radius 1 is 0.914 bits per heavy atom. The number of aromatic nitrogens is 5. The highest BCUT2D eigenvalue weighted by Crippen LogP contribution is 2.27. The van der Waals surface area contributed by atoms with Crippen LogP contribution in [0.1, 0.15) is 21.7 Å². The number of nitrogens with one attached hydrogen (secondary N) is 1. The highest BCUT2D eigenvalue weighted by molar-refractivity contribution is 7.99. The minimum atomic E-state index is -0.246. The Morgan fingerprint density at radius 3 is 2.34 bits per heavy atom. The van der Waals surface area contributed by atoms with E-state index >= 15 is 0 Å². The Labute approximate surface area is 207 Å². The molecule has 7 nitrogen and oxygen atoms in total. The van der Waals surface area contributed by atoms with Crippen LogP contribution in [0, 0.1) is 13.8 Å². The van der Waals surface area contributed by atoms with Crippen molar-refractivity contribution in [3.63, 3.8) is 0 Å². The molecule has 1 amide bonds. The van der Waals surface area contributed by atoms with Gasteiger partial charge in [-0.25, -0.2) is 14.6 Å². The maximum atomic E-state index is 13.3. The first-order valence-corrected chi connectivity index (χ1v) is 11.8. The Balaban J connectivity index is 1.39. The molecule has 0 unspecified atom stereocenters. The zero-order valence-electron chi connectivity index (χ0n) is 19.2. The molecule has 5 aromatic rings. The van der Waals surface area contributed by atoms with Crippen LogP contribution < -0.4 is 5.32 Å².